The zero-order chi connectivity index (χ0) is 27.4. The highest BCUT2D eigenvalue weighted by atomic mass is 35.5. The first-order valence-corrected chi connectivity index (χ1v) is 14.1. The molecule has 0 N–H and O–H groups in total. The maximum Gasteiger partial charge on any atom is 0.160 e. The summed E-state index contributed by atoms with van der Waals surface area (Å²) in [5, 5.41) is 0. The Balaban J connectivity index is 1.36. The summed E-state index contributed by atoms with van der Waals surface area (Å²) in [4.78, 5) is 0. The topological polar surface area (TPSA) is 46.2 Å². The lowest BCUT2D eigenvalue weighted by Gasteiger charge is -2.44. The molecular formula is C34H35ClO5. The van der Waals surface area contributed by atoms with Crippen LogP contribution in [0.3, 0.4) is 0 Å². The van der Waals surface area contributed by atoms with Crippen molar-refractivity contribution < 1.29 is 23.7 Å². The Morgan fingerprint density at radius 3 is 1.30 bits per heavy atom. The molecule has 0 bridgehead atoms. The summed E-state index contributed by atoms with van der Waals surface area (Å²) in [7, 11) is 0. The molecule has 0 amide bonds. The zero-order valence-electron chi connectivity index (χ0n) is 22.4. The first-order valence-electron chi connectivity index (χ1n) is 13.6. The minimum Gasteiger partial charge on any atom is -0.374 e. The van der Waals surface area contributed by atoms with Crippen molar-refractivity contribution in [3.05, 3.63) is 144 Å². The molecule has 1 fully saturated rings. The van der Waals surface area contributed by atoms with E-state index in [1.54, 1.807) is 0 Å². The molecule has 1 unspecified atom stereocenters. The Kier molecular flexibility index (Phi) is 10.8. The molecule has 1 aliphatic rings. The average molecular weight is 559 g/mol. The minimum atomic E-state index is -0.744. The van der Waals surface area contributed by atoms with E-state index in [-0.39, 0.29) is 0 Å². The predicted molar refractivity (Wildman–Crippen MR) is 156 cm³/mol. The van der Waals surface area contributed by atoms with E-state index in [0.29, 0.717) is 33.0 Å². The van der Waals surface area contributed by atoms with Crippen LogP contribution in [0.1, 0.15) is 22.3 Å². The van der Waals surface area contributed by atoms with Gasteiger partial charge in [0.1, 0.15) is 24.4 Å². The van der Waals surface area contributed by atoms with Crippen LogP contribution in [0.5, 0.6) is 0 Å². The van der Waals surface area contributed by atoms with Crippen molar-refractivity contribution in [2.24, 2.45) is 0 Å². The van der Waals surface area contributed by atoms with E-state index in [9.17, 15) is 0 Å². The number of halogens is 1. The Labute approximate surface area is 241 Å². The van der Waals surface area contributed by atoms with Gasteiger partial charge in [-0.25, -0.2) is 0 Å². The van der Waals surface area contributed by atoms with Crippen LogP contribution in [0.15, 0.2) is 121 Å². The maximum atomic E-state index is 6.86. The second kappa shape index (κ2) is 15.1. The molecule has 1 heterocycles. The second-order valence-corrected chi connectivity index (χ2v) is 10.2. The van der Waals surface area contributed by atoms with Gasteiger partial charge in [0.25, 0.3) is 0 Å². The quantitative estimate of drug-likeness (QED) is 0.167. The normalized spacial score (nSPS) is 22.7. The molecule has 0 spiro atoms. The molecule has 5 nitrogen and oxygen atoms in total. The molecule has 0 saturated carbocycles. The molecular weight excluding hydrogens is 524 g/mol. The standard InChI is InChI=1S/C34H35ClO5/c35-34-33(39-24-29-19-11-4-12-20-29)32(38-23-28-17-9-3-10-18-28)31(37-22-27-15-7-2-8-16-27)30(40-34)25-36-21-26-13-5-1-6-14-26/h1-20,30-34H,21-25H2/t30-,31-,32+,33+,34?/m1/s1. The molecule has 4 aromatic rings. The average Bonchev–Trinajstić information content (AvgIpc) is 3.01. The number of hydrogen-bond acceptors (Lipinski definition) is 5. The van der Waals surface area contributed by atoms with Gasteiger partial charge in [0.15, 0.2) is 5.56 Å². The monoisotopic (exact) mass is 558 g/mol. The van der Waals surface area contributed by atoms with E-state index >= 15 is 0 Å². The summed E-state index contributed by atoms with van der Waals surface area (Å²) in [6, 6.07) is 40.2. The van der Waals surface area contributed by atoms with E-state index < -0.39 is 30.0 Å². The van der Waals surface area contributed by atoms with Crippen molar-refractivity contribution in [2.45, 2.75) is 56.4 Å². The van der Waals surface area contributed by atoms with Crippen LogP contribution < -0.4 is 0 Å². The van der Waals surface area contributed by atoms with Crippen molar-refractivity contribution in [1.82, 2.24) is 0 Å². The van der Waals surface area contributed by atoms with E-state index in [0.717, 1.165) is 22.3 Å². The van der Waals surface area contributed by atoms with Gasteiger partial charge >= 0.3 is 0 Å². The zero-order valence-corrected chi connectivity index (χ0v) is 23.1. The van der Waals surface area contributed by atoms with Crippen molar-refractivity contribution in [1.29, 1.82) is 0 Å². The fraction of sp³-hybridized carbons (Fsp3) is 0.294. The van der Waals surface area contributed by atoms with Gasteiger partial charge in [-0.3, -0.25) is 0 Å². The van der Waals surface area contributed by atoms with Crippen LogP contribution in [0.25, 0.3) is 0 Å². The third-order valence-electron chi connectivity index (χ3n) is 6.83. The molecule has 208 valence electrons. The molecule has 1 aliphatic heterocycles. The van der Waals surface area contributed by atoms with E-state index in [1.165, 1.54) is 0 Å². The summed E-state index contributed by atoms with van der Waals surface area (Å²) in [5.74, 6) is 0. The summed E-state index contributed by atoms with van der Waals surface area (Å²) < 4.78 is 31.9. The summed E-state index contributed by atoms with van der Waals surface area (Å²) >= 11 is 6.86. The Morgan fingerprint density at radius 1 is 0.475 bits per heavy atom. The molecule has 0 aromatic heterocycles. The van der Waals surface area contributed by atoms with Gasteiger partial charge < -0.3 is 23.7 Å². The first-order chi connectivity index (χ1) is 19.8. The fourth-order valence-corrected chi connectivity index (χ4v) is 5.08. The van der Waals surface area contributed by atoms with E-state index in [1.807, 2.05) is 121 Å². The Morgan fingerprint density at radius 2 is 0.850 bits per heavy atom. The molecule has 5 rings (SSSR count). The van der Waals surface area contributed by atoms with Gasteiger partial charge in [0, 0.05) is 0 Å². The summed E-state index contributed by atoms with van der Waals surface area (Å²) in [5.41, 5.74) is 3.50. The lowest BCUT2D eigenvalue weighted by molar-refractivity contribution is -0.256. The molecule has 0 radical (unpaired) electrons. The SMILES string of the molecule is ClC1O[C@H](COCc2ccccc2)[C@@H](OCc2ccccc2)[C@H](OCc2ccccc2)[C@@H]1OCc1ccccc1. The summed E-state index contributed by atoms with van der Waals surface area (Å²) in [6.45, 7) is 1.93. The summed E-state index contributed by atoms with van der Waals surface area (Å²) in [6.07, 6.45) is -1.98. The van der Waals surface area contributed by atoms with Crippen molar-refractivity contribution in [3.8, 4) is 0 Å². The van der Waals surface area contributed by atoms with Crippen LogP contribution in [-0.2, 0) is 50.1 Å². The van der Waals surface area contributed by atoms with Crippen molar-refractivity contribution in [2.75, 3.05) is 6.61 Å². The number of benzene rings is 4. The third kappa shape index (κ3) is 8.24. The molecule has 1 saturated heterocycles. The van der Waals surface area contributed by atoms with Crippen LogP contribution in [-0.4, -0.2) is 36.6 Å². The van der Waals surface area contributed by atoms with E-state index in [2.05, 4.69) is 0 Å². The van der Waals surface area contributed by atoms with Crippen LogP contribution in [0, 0.1) is 0 Å². The number of hydrogen-bond donors (Lipinski definition) is 0. The second-order valence-electron chi connectivity index (χ2n) is 9.81. The largest absolute Gasteiger partial charge is 0.374 e. The van der Waals surface area contributed by atoms with E-state index in [4.69, 9.17) is 35.3 Å². The highest BCUT2D eigenvalue weighted by molar-refractivity contribution is 6.20. The predicted octanol–water partition coefficient (Wildman–Crippen LogP) is 6.92. The van der Waals surface area contributed by atoms with Crippen LogP contribution in [0.2, 0.25) is 0 Å². The third-order valence-corrected chi connectivity index (χ3v) is 7.18. The Hall–Kier alpha value is -3.03. The van der Waals surface area contributed by atoms with Crippen LogP contribution in [0.4, 0.5) is 0 Å². The number of rotatable bonds is 13. The van der Waals surface area contributed by atoms with Gasteiger partial charge in [-0.1, -0.05) is 133 Å². The van der Waals surface area contributed by atoms with Crippen molar-refractivity contribution >= 4 is 11.6 Å². The van der Waals surface area contributed by atoms with Gasteiger partial charge in [-0.15, -0.1) is 0 Å². The Bertz CT molecular complexity index is 1240. The van der Waals surface area contributed by atoms with Crippen LogP contribution >= 0.6 is 11.6 Å². The highest BCUT2D eigenvalue weighted by Crippen LogP contribution is 2.32. The smallest absolute Gasteiger partial charge is 0.160 e. The molecule has 5 atom stereocenters. The van der Waals surface area contributed by atoms with Crippen molar-refractivity contribution in [3.63, 3.8) is 0 Å². The van der Waals surface area contributed by atoms with Gasteiger partial charge in [-0.05, 0) is 22.3 Å². The lowest BCUT2D eigenvalue weighted by Crippen LogP contribution is -2.59. The molecule has 6 heteroatoms. The van der Waals surface area contributed by atoms with Gasteiger partial charge in [-0.2, -0.15) is 0 Å². The lowest BCUT2D eigenvalue weighted by atomic mass is 9.99. The number of ether oxygens (including phenoxy) is 5. The maximum absolute atomic E-state index is 6.86. The minimum absolute atomic E-state index is 0.300. The molecule has 0 aliphatic carbocycles. The fourth-order valence-electron chi connectivity index (χ4n) is 4.73. The van der Waals surface area contributed by atoms with Gasteiger partial charge in [0.05, 0.1) is 33.0 Å². The highest BCUT2D eigenvalue weighted by Gasteiger charge is 2.47. The van der Waals surface area contributed by atoms with Gasteiger partial charge in [0.2, 0.25) is 0 Å². The number of alkyl halides is 1. The molecule has 40 heavy (non-hydrogen) atoms. The molecule has 4 aromatic carbocycles. The first kappa shape index (κ1) is 28.5.